The lowest BCUT2D eigenvalue weighted by atomic mass is 10.1. The van der Waals surface area contributed by atoms with Crippen LogP contribution in [0.2, 0.25) is 10.0 Å². The van der Waals surface area contributed by atoms with Crippen molar-refractivity contribution in [2.45, 2.75) is 13.8 Å². The fourth-order valence-electron chi connectivity index (χ4n) is 2.55. The maximum Gasteiger partial charge on any atom is 0.363 e. The number of nitrogens with zero attached hydrogens (tertiary/aromatic N) is 1. The van der Waals surface area contributed by atoms with Gasteiger partial charge in [0.2, 0.25) is 5.90 Å². The molecule has 0 N–H and O–H groups in total. The van der Waals surface area contributed by atoms with Crippen molar-refractivity contribution in [1.82, 2.24) is 0 Å². The SMILES string of the molecule is CCOc1cc(/C=C2/N=C(c3cc(F)c(F)cc3Cl)OC2=O)cc(Cl)c1OC(C)=O. The minimum atomic E-state index is -1.17. The van der Waals surface area contributed by atoms with E-state index in [-0.39, 0.29) is 45.3 Å². The summed E-state index contributed by atoms with van der Waals surface area (Å²) < 4.78 is 42.3. The zero-order chi connectivity index (χ0) is 22.0. The van der Waals surface area contributed by atoms with Crippen LogP contribution in [0.25, 0.3) is 6.08 Å². The predicted molar refractivity (Wildman–Crippen MR) is 106 cm³/mol. The first-order valence-corrected chi connectivity index (χ1v) is 9.27. The van der Waals surface area contributed by atoms with E-state index in [0.717, 1.165) is 12.1 Å². The standard InChI is InChI=1S/C20H13Cl2F2NO5/c1-3-28-17-6-10(4-13(22)18(17)29-9(2)26)5-16-20(27)30-19(25-16)11-7-14(23)15(24)8-12(11)21/h4-8H,3H2,1-2H3/b16-5+. The van der Waals surface area contributed by atoms with E-state index >= 15 is 0 Å². The summed E-state index contributed by atoms with van der Waals surface area (Å²) in [4.78, 5) is 27.5. The Bertz CT molecular complexity index is 1110. The lowest BCUT2D eigenvalue weighted by Crippen LogP contribution is -2.07. The van der Waals surface area contributed by atoms with Gasteiger partial charge in [0.15, 0.2) is 28.8 Å². The number of hydrogen-bond donors (Lipinski definition) is 0. The molecule has 0 aromatic heterocycles. The number of aliphatic imine (C=N–C) groups is 1. The Morgan fingerprint density at radius 2 is 1.87 bits per heavy atom. The van der Waals surface area contributed by atoms with Gasteiger partial charge in [-0.2, -0.15) is 0 Å². The number of hydrogen-bond acceptors (Lipinski definition) is 6. The van der Waals surface area contributed by atoms with Gasteiger partial charge in [-0.1, -0.05) is 23.2 Å². The number of cyclic esters (lactones) is 1. The van der Waals surface area contributed by atoms with Crippen molar-refractivity contribution in [3.05, 3.63) is 62.8 Å². The molecule has 0 radical (unpaired) electrons. The molecule has 0 amide bonds. The Labute approximate surface area is 179 Å². The maximum atomic E-state index is 13.5. The molecule has 1 heterocycles. The van der Waals surface area contributed by atoms with Crippen molar-refractivity contribution in [3.8, 4) is 11.5 Å². The topological polar surface area (TPSA) is 74.2 Å². The molecular weight excluding hydrogens is 443 g/mol. The van der Waals surface area contributed by atoms with Crippen LogP contribution in [0.4, 0.5) is 8.78 Å². The Kier molecular flexibility index (Phi) is 6.38. The predicted octanol–water partition coefficient (Wildman–Crippen LogP) is 4.94. The molecule has 0 spiro atoms. The van der Waals surface area contributed by atoms with Gasteiger partial charge >= 0.3 is 11.9 Å². The number of benzene rings is 2. The van der Waals surface area contributed by atoms with E-state index in [1.807, 2.05) is 0 Å². The number of carbonyl (C=O) groups excluding carboxylic acids is 2. The normalized spacial score (nSPS) is 14.5. The number of ether oxygens (including phenoxy) is 3. The average Bonchev–Trinajstić information content (AvgIpc) is 3.01. The molecule has 0 saturated heterocycles. The molecule has 1 aliphatic rings. The highest BCUT2D eigenvalue weighted by atomic mass is 35.5. The molecule has 0 atom stereocenters. The largest absolute Gasteiger partial charge is 0.490 e. The number of rotatable bonds is 5. The molecule has 3 rings (SSSR count). The molecule has 6 nitrogen and oxygen atoms in total. The van der Waals surface area contributed by atoms with Crippen LogP contribution in [0.5, 0.6) is 11.5 Å². The van der Waals surface area contributed by atoms with Crippen molar-refractivity contribution in [3.63, 3.8) is 0 Å². The van der Waals surface area contributed by atoms with Crippen LogP contribution in [0.3, 0.4) is 0 Å². The van der Waals surface area contributed by atoms with Gasteiger partial charge in [0.1, 0.15) is 0 Å². The first kappa shape index (κ1) is 21.7. The first-order valence-electron chi connectivity index (χ1n) is 8.51. The Morgan fingerprint density at radius 1 is 1.17 bits per heavy atom. The van der Waals surface area contributed by atoms with E-state index < -0.39 is 23.6 Å². The Balaban J connectivity index is 2.01. The molecule has 2 aromatic rings. The number of halogens is 4. The average molecular weight is 456 g/mol. The van der Waals surface area contributed by atoms with Crippen molar-refractivity contribution in [2.24, 2.45) is 4.99 Å². The van der Waals surface area contributed by atoms with Crippen molar-refractivity contribution >= 4 is 47.1 Å². The zero-order valence-electron chi connectivity index (χ0n) is 15.6. The fraction of sp³-hybridized carbons (Fsp3) is 0.150. The third-order valence-corrected chi connectivity index (χ3v) is 4.34. The van der Waals surface area contributed by atoms with Gasteiger partial charge in [-0.25, -0.2) is 18.6 Å². The minimum absolute atomic E-state index is 0.0416. The van der Waals surface area contributed by atoms with Crippen LogP contribution in [0.15, 0.2) is 35.0 Å². The lowest BCUT2D eigenvalue weighted by Gasteiger charge is -2.12. The Morgan fingerprint density at radius 3 is 2.53 bits per heavy atom. The molecule has 0 unspecified atom stereocenters. The Hall–Kier alpha value is -2.97. The van der Waals surface area contributed by atoms with E-state index in [1.54, 1.807) is 6.92 Å². The van der Waals surface area contributed by atoms with Crippen LogP contribution in [0, 0.1) is 11.6 Å². The molecule has 0 fully saturated rings. The monoisotopic (exact) mass is 455 g/mol. The van der Waals surface area contributed by atoms with Crippen molar-refractivity contribution in [1.29, 1.82) is 0 Å². The van der Waals surface area contributed by atoms with E-state index in [0.29, 0.717) is 5.56 Å². The summed E-state index contributed by atoms with van der Waals surface area (Å²) >= 11 is 12.1. The first-order chi connectivity index (χ1) is 14.2. The summed E-state index contributed by atoms with van der Waals surface area (Å²) in [6.45, 7) is 3.22. The number of esters is 2. The molecule has 0 saturated carbocycles. The fourth-order valence-corrected chi connectivity index (χ4v) is 3.03. The van der Waals surface area contributed by atoms with Gasteiger partial charge in [-0.15, -0.1) is 0 Å². The summed E-state index contributed by atoms with van der Waals surface area (Å²) in [5, 5.41) is -0.101. The molecule has 156 valence electrons. The molecule has 30 heavy (non-hydrogen) atoms. The maximum absolute atomic E-state index is 13.5. The van der Waals surface area contributed by atoms with Crippen LogP contribution in [-0.2, 0) is 14.3 Å². The lowest BCUT2D eigenvalue weighted by molar-refractivity contribution is -0.132. The second-order valence-electron chi connectivity index (χ2n) is 5.94. The van der Waals surface area contributed by atoms with Gasteiger partial charge in [-0.3, -0.25) is 4.79 Å². The van der Waals surface area contributed by atoms with Gasteiger partial charge in [-0.05, 0) is 42.8 Å². The van der Waals surface area contributed by atoms with Gasteiger partial charge in [0.05, 0.1) is 22.2 Å². The van der Waals surface area contributed by atoms with Gasteiger partial charge in [0.25, 0.3) is 0 Å². The zero-order valence-corrected chi connectivity index (χ0v) is 17.1. The highest BCUT2D eigenvalue weighted by Gasteiger charge is 2.27. The van der Waals surface area contributed by atoms with Crippen molar-refractivity contribution in [2.75, 3.05) is 6.61 Å². The second kappa shape index (κ2) is 8.81. The van der Waals surface area contributed by atoms with Gasteiger partial charge < -0.3 is 14.2 Å². The van der Waals surface area contributed by atoms with Crippen LogP contribution < -0.4 is 9.47 Å². The smallest absolute Gasteiger partial charge is 0.363 e. The van der Waals surface area contributed by atoms with E-state index in [4.69, 9.17) is 37.4 Å². The van der Waals surface area contributed by atoms with E-state index in [1.165, 1.54) is 25.1 Å². The molecule has 0 aliphatic carbocycles. The summed E-state index contributed by atoms with van der Waals surface area (Å²) in [7, 11) is 0. The van der Waals surface area contributed by atoms with Crippen molar-refractivity contribution < 1.29 is 32.6 Å². The highest BCUT2D eigenvalue weighted by molar-refractivity contribution is 6.34. The van der Waals surface area contributed by atoms with Crippen LogP contribution in [0.1, 0.15) is 25.0 Å². The quantitative estimate of drug-likeness (QED) is 0.276. The van der Waals surface area contributed by atoms with E-state index in [9.17, 15) is 18.4 Å². The molecule has 1 aliphatic heterocycles. The van der Waals surface area contributed by atoms with Gasteiger partial charge in [0, 0.05) is 6.92 Å². The summed E-state index contributed by atoms with van der Waals surface area (Å²) in [5.41, 5.74) is 0.183. The molecule has 0 bridgehead atoms. The molecule has 2 aromatic carbocycles. The highest BCUT2D eigenvalue weighted by Crippen LogP contribution is 2.38. The minimum Gasteiger partial charge on any atom is -0.490 e. The number of carbonyl (C=O) groups is 2. The second-order valence-corrected chi connectivity index (χ2v) is 6.75. The summed E-state index contributed by atoms with van der Waals surface area (Å²) in [5.74, 6) is -3.77. The molecular formula is C20H13Cl2F2NO5. The third kappa shape index (κ3) is 4.60. The van der Waals surface area contributed by atoms with Crippen LogP contribution >= 0.6 is 23.2 Å². The molecule has 10 heteroatoms. The summed E-state index contributed by atoms with van der Waals surface area (Å²) in [6, 6.07) is 4.46. The summed E-state index contributed by atoms with van der Waals surface area (Å²) in [6.07, 6.45) is 1.34. The van der Waals surface area contributed by atoms with Crippen LogP contribution in [-0.4, -0.2) is 24.4 Å². The third-order valence-electron chi connectivity index (χ3n) is 3.74. The van der Waals surface area contributed by atoms with E-state index in [2.05, 4.69) is 4.99 Å².